The summed E-state index contributed by atoms with van der Waals surface area (Å²) in [6.45, 7) is 2.10. The lowest BCUT2D eigenvalue weighted by atomic mass is 10.0. The van der Waals surface area contributed by atoms with Crippen molar-refractivity contribution in [3.8, 4) is 6.07 Å². The van der Waals surface area contributed by atoms with E-state index in [1.165, 1.54) is 0 Å². The molecule has 1 heterocycles. The van der Waals surface area contributed by atoms with Gasteiger partial charge in [0.2, 0.25) is 5.91 Å². The predicted octanol–water partition coefficient (Wildman–Crippen LogP) is -0.683. The lowest BCUT2D eigenvalue weighted by molar-refractivity contribution is -0.136. The van der Waals surface area contributed by atoms with Crippen LogP contribution in [-0.4, -0.2) is 30.4 Å². The van der Waals surface area contributed by atoms with Crippen LogP contribution in [0.2, 0.25) is 0 Å². The average Bonchev–Trinajstić information content (AvgIpc) is 1.86. The molecule has 0 aromatic rings. The van der Waals surface area contributed by atoms with E-state index in [1.807, 2.05) is 6.07 Å². The molecule has 1 saturated heterocycles. The van der Waals surface area contributed by atoms with E-state index in [4.69, 9.17) is 11.0 Å². The van der Waals surface area contributed by atoms with E-state index in [0.717, 1.165) is 13.1 Å². The largest absolute Gasteiger partial charge is 0.341 e. The van der Waals surface area contributed by atoms with Crippen LogP contribution in [0.4, 0.5) is 0 Å². The van der Waals surface area contributed by atoms with Crippen LogP contribution in [0.25, 0.3) is 0 Å². The number of likely N-dealkylation sites (tertiary alicyclic amines) is 1. The number of carbonyl (C=O) groups is 1. The summed E-state index contributed by atoms with van der Waals surface area (Å²) < 4.78 is 0. The second kappa shape index (κ2) is 3.35. The van der Waals surface area contributed by atoms with Crippen molar-refractivity contribution < 1.29 is 4.79 Å². The molecule has 1 fully saturated rings. The van der Waals surface area contributed by atoms with Gasteiger partial charge in [0, 0.05) is 19.0 Å². The molecule has 0 saturated carbocycles. The SMILES string of the molecule is N#CCC(=O)N1CC(CN)C1. The van der Waals surface area contributed by atoms with E-state index in [1.54, 1.807) is 4.90 Å². The first-order valence-corrected chi connectivity index (χ1v) is 3.62. The Kier molecular flexibility index (Phi) is 2.44. The smallest absolute Gasteiger partial charge is 0.236 e. The molecular formula is C7H11N3O. The number of rotatable bonds is 2. The first-order valence-electron chi connectivity index (χ1n) is 3.62. The minimum atomic E-state index is -0.0720. The fraction of sp³-hybridized carbons (Fsp3) is 0.714. The molecule has 0 spiro atoms. The topological polar surface area (TPSA) is 70.1 Å². The summed E-state index contributed by atoms with van der Waals surface area (Å²) in [7, 11) is 0. The number of nitrogens with zero attached hydrogens (tertiary/aromatic N) is 2. The molecule has 0 aliphatic carbocycles. The van der Waals surface area contributed by atoms with Crippen molar-refractivity contribution in [2.75, 3.05) is 19.6 Å². The summed E-state index contributed by atoms with van der Waals surface area (Å²) in [6.07, 6.45) is -0.00269. The van der Waals surface area contributed by atoms with Crippen molar-refractivity contribution in [2.24, 2.45) is 11.7 Å². The van der Waals surface area contributed by atoms with E-state index in [-0.39, 0.29) is 12.3 Å². The first kappa shape index (κ1) is 8.02. The van der Waals surface area contributed by atoms with Crippen molar-refractivity contribution in [3.05, 3.63) is 0 Å². The van der Waals surface area contributed by atoms with Gasteiger partial charge in [-0.15, -0.1) is 0 Å². The summed E-state index contributed by atoms with van der Waals surface area (Å²) in [4.78, 5) is 12.6. The molecule has 1 amide bonds. The third-order valence-corrected chi connectivity index (χ3v) is 1.87. The van der Waals surface area contributed by atoms with Crippen LogP contribution < -0.4 is 5.73 Å². The third kappa shape index (κ3) is 1.69. The van der Waals surface area contributed by atoms with Gasteiger partial charge < -0.3 is 10.6 Å². The van der Waals surface area contributed by atoms with Crippen LogP contribution in [-0.2, 0) is 4.79 Å². The molecule has 1 aliphatic heterocycles. The Morgan fingerprint density at radius 3 is 2.82 bits per heavy atom. The number of hydrogen-bond donors (Lipinski definition) is 1. The van der Waals surface area contributed by atoms with Crippen molar-refractivity contribution >= 4 is 5.91 Å². The molecule has 0 atom stereocenters. The van der Waals surface area contributed by atoms with Gasteiger partial charge in [0.15, 0.2) is 0 Å². The molecule has 11 heavy (non-hydrogen) atoms. The van der Waals surface area contributed by atoms with Crippen LogP contribution in [0, 0.1) is 17.2 Å². The molecule has 2 N–H and O–H groups in total. The van der Waals surface area contributed by atoms with Gasteiger partial charge in [-0.25, -0.2) is 0 Å². The number of amides is 1. The molecule has 4 nitrogen and oxygen atoms in total. The Bertz CT molecular complexity index is 190. The minimum Gasteiger partial charge on any atom is -0.341 e. The fourth-order valence-electron chi connectivity index (χ4n) is 1.10. The van der Waals surface area contributed by atoms with Gasteiger partial charge in [-0.2, -0.15) is 5.26 Å². The maximum absolute atomic E-state index is 10.9. The summed E-state index contributed by atoms with van der Waals surface area (Å²) in [5, 5.41) is 8.21. The second-order valence-corrected chi connectivity index (χ2v) is 2.74. The molecule has 1 rings (SSSR count). The van der Waals surface area contributed by atoms with Crippen LogP contribution in [0.3, 0.4) is 0 Å². The predicted molar refractivity (Wildman–Crippen MR) is 39.4 cm³/mol. The maximum Gasteiger partial charge on any atom is 0.236 e. The highest BCUT2D eigenvalue weighted by Crippen LogP contribution is 2.14. The van der Waals surface area contributed by atoms with Crippen LogP contribution in [0.1, 0.15) is 6.42 Å². The highest BCUT2D eigenvalue weighted by molar-refractivity contribution is 5.78. The van der Waals surface area contributed by atoms with E-state index < -0.39 is 0 Å². The zero-order valence-corrected chi connectivity index (χ0v) is 6.29. The monoisotopic (exact) mass is 153 g/mol. The Hall–Kier alpha value is -1.08. The number of carbonyl (C=O) groups excluding carboxylic acids is 1. The molecule has 0 unspecified atom stereocenters. The average molecular weight is 153 g/mol. The molecule has 0 aromatic carbocycles. The van der Waals surface area contributed by atoms with Gasteiger partial charge in [0.1, 0.15) is 6.42 Å². The lowest BCUT2D eigenvalue weighted by Crippen LogP contribution is -2.52. The molecule has 60 valence electrons. The van der Waals surface area contributed by atoms with E-state index in [2.05, 4.69) is 0 Å². The van der Waals surface area contributed by atoms with Crippen LogP contribution >= 0.6 is 0 Å². The van der Waals surface area contributed by atoms with Gasteiger partial charge in [0.05, 0.1) is 6.07 Å². The Morgan fingerprint density at radius 2 is 2.36 bits per heavy atom. The van der Waals surface area contributed by atoms with Gasteiger partial charge in [-0.1, -0.05) is 0 Å². The second-order valence-electron chi connectivity index (χ2n) is 2.74. The molecule has 0 bridgehead atoms. The zero-order valence-electron chi connectivity index (χ0n) is 6.29. The van der Waals surface area contributed by atoms with E-state index >= 15 is 0 Å². The van der Waals surface area contributed by atoms with Gasteiger partial charge in [-0.05, 0) is 6.54 Å². The summed E-state index contributed by atoms with van der Waals surface area (Å²) in [5.74, 6) is 0.384. The van der Waals surface area contributed by atoms with Gasteiger partial charge >= 0.3 is 0 Å². The normalized spacial score (nSPS) is 17.3. The van der Waals surface area contributed by atoms with Crippen molar-refractivity contribution in [1.29, 1.82) is 5.26 Å². The zero-order chi connectivity index (χ0) is 8.27. The van der Waals surface area contributed by atoms with E-state index in [9.17, 15) is 4.79 Å². The third-order valence-electron chi connectivity index (χ3n) is 1.87. The number of nitriles is 1. The molecule has 1 aliphatic rings. The van der Waals surface area contributed by atoms with Crippen molar-refractivity contribution in [1.82, 2.24) is 4.90 Å². The standard InChI is InChI=1S/C7H11N3O/c8-2-1-7(11)10-4-6(3-9)5-10/h6H,1,3-5,9H2. The molecule has 0 aromatic heterocycles. The summed E-state index contributed by atoms with van der Waals surface area (Å²) >= 11 is 0. The highest BCUT2D eigenvalue weighted by atomic mass is 16.2. The van der Waals surface area contributed by atoms with Crippen LogP contribution in [0.5, 0.6) is 0 Å². The molecule has 0 radical (unpaired) electrons. The minimum absolute atomic E-state index is 0.00269. The quantitative estimate of drug-likeness (QED) is 0.571. The molecule has 4 heteroatoms. The summed E-state index contributed by atoms with van der Waals surface area (Å²) in [6, 6.07) is 1.83. The van der Waals surface area contributed by atoms with Crippen LogP contribution in [0.15, 0.2) is 0 Å². The van der Waals surface area contributed by atoms with E-state index in [0.29, 0.717) is 12.5 Å². The maximum atomic E-state index is 10.9. The first-order chi connectivity index (χ1) is 5.27. The Balaban J connectivity index is 2.22. The van der Waals surface area contributed by atoms with Crippen molar-refractivity contribution in [2.45, 2.75) is 6.42 Å². The number of hydrogen-bond acceptors (Lipinski definition) is 3. The summed E-state index contributed by atoms with van der Waals surface area (Å²) in [5.41, 5.74) is 5.37. The van der Waals surface area contributed by atoms with Gasteiger partial charge in [0.25, 0.3) is 0 Å². The number of nitrogens with two attached hydrogens (primary N) is 1. The van der Waals surface area contributed by atoms with Crippen molar-refractivity contribution in [3.63, 3.8) is 0 Å². The Labute approximate surface area is 65.6 Å². The van der Waals surface area contributed by atoms with Gasteiger partial charge in [-0.3, -0.25) is 4.79 Å². The molecular weight excluding hydrogens is 142 g/mol. The lowest BCUT2D eigenvalue weighted by Gasteiger charge is -2.38. The fourth-order valence-corrected chi connectivity index (χ4v) is 1.10. The highest BCUT2D eigenvalue weighted by Gasteiger charge is 2.28. The Morgan fingerprint density at radius 1 is 1.73 bits per heavy atom.